The number of nitrogens with zero attached hydrogens (tertiary/aromatic N) is 1. The molecule has 4 heteroatoms. The summed E-state index contributed by atoms with van der Waals surface area (Å²) in [5.74, 6) is 0.173. The third-order valence-corrected chi connectivity index (χ3v) is 3.20. The standard InChI is InChI=1S/C13H15ClN2O/c14-12-7-3-4-10(8-12)9-15-16-13(17)11-5-1-2-6-11/h3-4,7-9,11H,1-2,5-6H2,(H,16,17)/b15-9-. The van der Waals surface area contributed by atoms with Crippen LogP contribution in [0.4, 0.5) is 0 Å². The van der Waals surface area contributed by atoms with E-state index >= 15 is 0 Å². The fourth-order valence-electron chi connectivity index (χ4n) is 2.04. The van der Waals surface area contributed by atoms with Crippen LogP contribution in [-0.2, 0) is 4.79 Å². The van der Waals surface area contributed by atoms with Crippen LogP contribution in [0.1, 0.15) is 31.2 Å². The lowest BCUT2D eigenvalue weighted by Gasteiger charge is -2.05. The van der Waals surface area contributed by atoms with Gasteiger partial charge in [0.2, 0.25) is 5.91 Å². The van der Waals surface area contributed by atoms with Crippen LogP contribution in [0.25, 0.3) is 0 Å². The number of nitrogens with one attached hydrogen (secondary N) is 1. The molecule has 1 amide bonds. The smallest absolute Gasteiger partial charge is 0.243 e. The predicted molar refractivity (Wildman–Crippen MR) is 69.1 cm³/mol. The zero-order valence-electron chi connectivity index (χ0n) is 9.53. The Morgan fingerprint density at radius 1 is 1.41 bits per heavy atom. The highest BCUT2D eigenvalue weighted by Crippen LogP contribution is 2.24. The van der Waals surface area contributed by atoms with Crippen LogP contribution in [0.15, 0.2) is 29.4 Å². The van der Waals surface area contributed by atoms with Gasteiger partial charge in [-0.3, -0.25) is 4.79 Å². The Bertz CT molecular complexity index is 425. The largest absolute Gasteiger partial charge is 0.273 e. The number of carbonyl (C=O) groups excluding carboxylic acids is 1. The maximum absolute atomic E-state index is 11.7. The molecule has 0 atom stereocenters. The van der Waals surface area contributed by atoms with Crippen LogP contribution in [-0.4, -0.2) is 12.1 Å². The zero-order chi connectivity index (χ0) is 12.1. The van der Waals surface area contributed by atoms with Crippen LogP contribution in [0, 0.1) is 5.92 Å². The van der Waals surface area contributed by atoms with Gasteiger partial charge in [-0.15, -0.1) is 0 Å². The van der Waals surface area contributed by atoms with Crippen LogP contribution in [0.5, 0.6) is 0 Å². The molecule has 2 rings (SSSR count). The molecule has 0 spiro atoms. The topological polar surface area (TPSA) is 41.5 Å². The first-order valence-corrected chi connectivity index (χ1v) is 6.22. The summed E-state index contributed by atoms with van der Waals surface area (Å²) in [5.41, 5.74) is 3.46. The third-order valence-electron chi connectivity index (χ3n) is 2.96. The van der Waals surface area contributed by atoms with Crippen molar-refractivity contribution in [1.29, 1.82) is 0 Å². The van der Waals surface area contributed by atoms with E-state index in [0.29, 0.717) is 5.02 Å². The predicted octanol–water partition coefficient (Wildman–Crippen LogP) is 2.98. The van der Waals surface area contributed by atoms with E-state index in [0.717, 1.165) is 31.2 Å². The van der Waals surface area contributed by atoms with Crippen molar-refractivity contribution in [2.45, 2.75) is 25.7 Å². The molecule has 1 N–H and O–H groups in total. The molecule has 1 aliphatic carbocycles. The minimum Gasteiger partial charge on any atom is -0.273 e. The van der Waals surface area contributed by atoms with Gasteiger partial charge < -0.3 is 0 Å². The maximum Gasteiger partial charge on any atom is 0.243 e. The van der Waals surface area contributed by atoms with E-state index in [2.05, 4.69) is 10.5 Å². The molecule has 0 bridgehead atoms. The summed E-state index contributed by atoms with van der Waals surface area (Å²) in [6.45, 7) is 0. The SMILES string of the molecule is O=C(N/N=C\c1cccc(Cl)c1)C1CCCC1. The molecule has 0 unspecified atom stereocenters. The Morgan fingerprint density at radius 3 is 2.88 bits per heavy atom. The summed E-state index contributed by atoms with van der Waals surface area (Å²) < 4.78 is 0. The Labute approximate surface area is 106 Å². The van der Waals surface area contributed by atoms with Crippen molar-refractivity contribution in [3.05, 3.63) is 34.9 Å². The molecule has 1 aliphatic rings. The van der Waals surface area contributed by atoms with E-state index in [4.69, 9.17) is 11.6 Å². The quantitative estimate of drug-likeness (QED) is 0.650. The van der Waals surface area contributed by atoms with Gasteiger partial charge >= 0.3 is 0 Å². The molecule has 0 radical (unpaired) electrons. The molecule has 1 fully saturated rings. The van der Waals surface area contributed by atoms with E-state index in [1.807, 2.05) is 12.1 Å². The number of amides is 1. The molecule has 3 nitrogen and oxygen atoms in total. The second-order valence-corrected chi connectivity index (χ2v) is 4.71. The van der Waals surface area contributed by atoms with E-state index < -0.39 is 0 Å². The highest BCUT2D eigenvalue weighted by molar-refractivity contribution is 6.30. The maximum atomic E-state index is 11.7. The first kappa shape index (κ1) is 12.1. The molecule has 1 aromatic carbocycles. The molecule has 1 saturated carbocycles. The van der Waals surface area contributed by atoms with Crippen LogP contribution < -0.4 is 5.43 Å². The summed E-state index contributed by atoms with van der Waals surface area (Å²) in [7, 11) is 0. The second kappa shape index (κ2) is 5.82. The average molecular weight is 251 g/mol. The highest BCUT2D eigenvalue weighted by atomic mass is 35.5. The molecule has 0 heterocycles. The molecular weight excluding hydrogens is 236 g/mol. The number of carbonyl (C=O) groups is 1. The molecule has 1 aromatic rings. The van der Waals surface area contributed by atoms with Gasteiger partial charge in [0.25, 0.3) is 0 Å². The van der Waals surface area contributed by atoms with E-state index in [1.165, 1.54) is 0 Å². The summed E-state index contributed by atoms with van der Waals surface area (Å²) in [5, 5.41) is 4.61. The summed E-state index contributed by atoms with van der Waals surface area (Å²) in [4.78, 5) is 11.7. The normalized spacial score (nSPS) is 16.5. The Morgan fingerprint density at radius 2 is 2.18 bits per heavy atom. The van der Waals surface area contributed by atoms with Gasteiger partial charge in [0.05, 0.1) is 6.21 Å². The lowest BCUT2D eigenvalue weighted by molar-refractivity contribution is -0.124. The fraction of sp³-hybridized carbons (Fsp3) is 0.385. The van der Waals surface area contributed by atoms with E-state index in [1.54, 1.807) is 18.3 Å². The van der Waals surface area contributed by atoms with Gasteiger partial charge in [-0.25, -0.2) is 5.43 Å². The number of hydrogen-bond acceptors (Lipinski definition) is 2. The van der Waals surface area contributed by atoms with Gasteiger partial charge in [0.15, 0.2) is 0 Å². The molecule has 0 aliphatic heterocycles. The lowest BCUT2D eigenvalue weighted by Crippen LogP contribution is -2.24. The van der Waals surface area contributed by atoms with Crippen molar-refractivity contribution in [3.63, 3.8) is 0 Å². The van der Waals surface area contributed by atoms with Gasteiger partial charge in [-0.2, -0.15) is 5.10 Å². The van der Waals surface area contributed by atoms with E-state index in [-0.39, 0.29) is 11.8 Å². The fourth-order valence-corrected chi connectivity index (χ4v) is 2.24. The highest BCUT2D eigenvalue weighted by Gasteiger charge is 2.21. The zero-order valence-corrected chi connectivity index (χ0v) is 10.3. The number of halogens is 1. The van der Waals surface area contributed by atoms with Crippen molar-refractivity contribution in [1.82, 2.24) is 5.43 Å². The van der Waals surface area contributed by atoms with Crippen molar-refractivity contribution < 1.29 is 4.79 Å². The summed E-state index contributed by atoms with van der Waals surface area (Å²) in [6, 6.07) is 7.34. The third kappa shape index (κ3) is 3.56. The van der Waals surface area contributed by atoms with Gasteiger partial charge in [-0.05, 0) is 30.5 Å². The van der Waals surface area contributed by atoms with E-state index in [9.17, 15) is 4.79 Å². The molecule has 17 heavy (non-hydrogen) atoms. The molecular formula is C13H15ClN2O. The lowest BCUT2D eigenvalue weighted by atomic mass is 10.1. The van der Waals surface area contributed by atoms with Gasteiger partial charge in [-0.1, -0.05) is 36.6 Å². The van der Waals surface area contributed by atoms with Crippen LogP contribution in [0.2, 0.25) is 5.02 Å². The average Bonchev–Trinajstić information content (AvgIpc) is 2.82. The molecule has 0 aromatic heterocycles. The van der Waals surface area contributed by atoms with Gasteiger partial charge in [0.1, 0.15) is 0 Å². The van der Waals surface area contributed by atoms with Gasteiger partial charge in [0, 0.05) is 10.9 Å². The van der Waals surface area contributed by atoms with Crippen molar-refractivity contribution in [2.24, 2.45) is 11.0 Å². The first-order chi connectivity index (χ1) is 8.25. The number of hydrazone groups is 1. The monoisotopic (exact) mass is 250 g/mol. The Balaban J connectivity index is 1.86. The van der Waals surface area contributed by atoms with Crippen molar-refractivity contribution in [2.75, 3.05) is 0 Å². The van der Waals surface area contributed by atoms with Crippen molar-refractivity contribution in [3.8, 4) is 0 Å². The first-order valence-electron chi connectivity index (χ1n) is 5.84. The number of hydrogen-bond donors (Lipinski definition) is 1. The van der Waals surface area contributed by atoms with Crippen LogP contribution >= 0.6 is 11.6 Å². The Kier molecular flexibility index (Phi) is 4.15. The van der Waals surface area contributed by atoms with Crippen LogP contribution in [0.3, 0.4) is 0 Å². The number of rotatable bonds is 3. The molecule has 0 saturated heterocycles. The number of benzene rings is 1. The minimum absolute atomic E-state index is 0.0285. The van der Waals surface area contributed by atoms with Crippen molar-refractivity contribution >= 4 is 23.7 Å². The molecule has 90 valence electrons. The summed E-state index contributed by atoms with van der Waals surface area (Å²) >= 11 is 5.84. The Hall–Kier alpha value is -1.35. The minimum atomic E-state index is 0.0285. The summed E-state index contributed by atoms with van der Waals surface area (Å²) in [6.07, 6.45) is 5.88. The second-order valence-electron chi connectivity index (χ2n) is 4.27.